The predicted molar refractivity (Wildman–Crippen MR) is 81.4 cm³/mol. The van der Waals surface area contributed by atoms with Crippen molar-refractivity contribution in [3.05, 3.63) is 52.5 Å². The van der Waals surface area contributed by atoms with Crippen molar-refractivity contribution in [2.75, 3.05) is 13.7 Å². The van der Waals surface area contributed by atoms with Gasteiger partial charge in [0.25, 0.3) is 0 Å². The minimum atomic E-state index is 0.155. The summed E-state index contributed by atoms with van der Waals surface area (Å²) in [5.74, 6) is 1.93. The predicted octanol–water partition coefficient (Wildman–Crippen LogP) is 3.91. The zero-order valence-electron chi connectivity index (χ0n) is 12.9. The van der Waals surface area contributed by atoms with Gasteiger partial charge >= 0.3 is 0 Å². The van der Waals surface area contributed by atoms with Crippen LogP contribution in [-0.4, -0.2) is 13.7 Å². The number of furan rings is 1. The number of benzene rings is 1. The van der Waals surface area contributed by atoms with E-state index < -0.39 is 0 Å². The molecule has 1 N–H and O–H groups in total. The maximum Gasteiger partial charge on any atom is 0.124 e. The van der Waals surface area contributed by atoms with Gasteiger partial charge in [0.05, 0.1) is 19.4 Å². The van der Waals surface area contributed by atoms with Crippen LogP contribution in [0, 0.1) is 20.8 Å². The molecule has 0 amide bonds. The summed E-state index contributed by atoms with van der Waals surface area (Å²) in [6, 6.07) is 6.57. The molecular weight excluding hydrogens is 250 g/mol. The summed E-state index contributed by atoms with van der Waals surface area (Å²) < 4.78 is 10.9. The number of methoxy groups -OCH3 is 1. The largest absolute Gasteiger partial charge is 0.496 e. The fourth-order valence-corrected chi connectivity index (χ4v) is 2.78. The van der Waals surface area contributed by atoms with Crippen molar-refractivity contribution in [3.63, 3.8) is 0 Å². The van der Waals surface area contributed by atoms with E-state index in [0.717, 1.165) is 29.2 Å². The molecule has 0 aliphatic heterocycles. The van der Waals surface area contributed by atoms with E-state index in [1.807, 2.05) is 13.0 Å². The molecule has 0 aliphatic carbocycles. The summed E-state index contributed by atoms with van der Waals surface area (Å²) >= 11 is 0. The van der Waals surface area contributed by atoms with Crippen LogP contribution in [0.3, 0.4) is 0 Å². The first-order chi connectivity index (χ1) is 9.58. The van der Waals surface area contributed by atoms with Crippen LogP contribution in [-0.2, 0) is 0 Å². The van der Waals surface area contributed by atoms with Crippen molar-refractivity contribution in [2.24, 2.45) is 0 Å². The molecule has 20 heavy (non-hydrogen) atoms. The molecule has 1 aromatic heterocycles. The van der Waals surface area contributed by atoms with Gasteiger partial charge in [-0.05, 0) is 50.1 Å². The smallest absolute Gasteiger partial charge is 0.124 e. The lowest BCUT2D eigenvalue weighted by molar-refractivity contribution is 0.408. The number of nitrogens with one attached hydrogen (secondary N) is 1. The minimum absolute atomic E-state index is 0.155. The monoisotopic (exact) mass is 273 g/mol. The minimum Gasteiger partial charge on any atom is -0.496 e. The van der Waals surface area contributed by atoms with E-state index in [-0.39, 0.29) is 6.04 Å². The van der Waals surface area contributed by atoms with Crippen LogP contribution in [0.4, 0.5) is 0 Å². The second kappa shape index (κ2) is 6.14. The first-order valence-corrected chi connectivity index (χ1v) is 7.01. The van der Waals surface area contributed by atoms with Gasteiger partial charge in [0.2, 0.25) is 0 Å². The van der Waals surface area contributed by atoms with Crippen LogP contribution in [0.5, 0.6) is 5.75 Å². The summed E-state index contributed by atoms with van der Waals surface area (Å²) in [7, 11) is 1.72. The lowest BCUT2D eigenvalue weighted by Gasteiger charge is -2.20. The second-order valence-corrected chi connectivity index (χ2v) is 5.11. The molecule has 0 fully saturated rings. The number of ether oxygens (including phenoxy) is 1. The molecule has 0 saturated heterocycles. The Kier molecular flexibility index (Phi) is 4.50. The van der Waals surface area contributed by atoms with E-state index in [9.17, 15) is 0 Å². The Morgan fingerprint density at radius 3 is 2.30 bits per heavy atom. The number of hydrogen-bond acceptors (Lipinski definition) is 3. The summed E-state index contributed by atoms with van der Waals surface area (Å²) in [4.78, 5) is 0. The highest BCUT2D eigenvalue weighted by Gasteiger charge is 2.19. The van der Waals surface area contributed by atoms with Crippen molar-refractivity contribution in [1.29, 1.82) is 0 Å². The van der Waals surface area contributed by atoms with Gasteiger partial charge < -0.3 is 14.5 Å². The van der Waals surface area contributed by atoms with Gasteiger partial charge in [-0.15, -0.1) is 0 Å². The SMILES string of the molecule is CCNC(c1cc(C)c(OC)c(C)c1)c1ccoc1C. The van der Waals surface area contributed by atoms with Gasteiger partial charge in [0.15, 0.2) is 0 Å². The zero-order chi connectivity index (χ0) is 14.7. The van der Waals surface area contributed by atoms with Crippen LogP contribution in [0.15, 0.2) is 28.9 Å². The highest BCUT2D eigenvalue weighted by molar-refractivity contribution is 5.46. The van der Waals surface area contributed by atoms with E-state index in [1.165, 1.54) is 11.1 Å². The molecule has 0 bridgehead atoms. The van der Waals surface area contributed by atoms with E-state index in [4.69, 9.17) is 9.15 Å². The Balaban J connectivity index is 2.48. The summed E-state index contributed by atoms with van der Waals surface area (Å²) in [6.07, 6.45) is 1.75. The van der Waals surface area contributed by atoms with Gasteiger partial charge in [-0.1, -0.05) is 19.1 Å². The molecule has 0 spiro atoms. The summed E-state index contributed by atoms with van der Waals surface area (Å²) in [5, 5.41) is 3.53. The van der Waals surface area contributed by atoms with E-state index in [2.05, 4.69) is 38.2 Å². The molecule has 3 heteroatoms. The first kappa shape index (κ1) is 14.7. The van der Waals surface area contributed by atoms with Gasteiger partial charge in [0.1, 0.15) is 11.5 Å². The molecule has 0 saturated carbocycles. The zero-order valence-corrected chi connectivity index (χ0v) is 12.9. The standard InChI is InChI=1S/C17H23NO2/c1-6-18-16(15-7-8-20-13(15)4)14-9-11(2)17(19-5)12(3)10-14/h7-10,16,18H,6H2,1-5H3. The maximum absolute atomic E-state index is 5.45. The Morgan fingerprint density at radius 1 is 1.20 bits per heavy atom. The summed E-state index contributed by atoms with van der Waals surface area (Å²) in [5.41, 5.74) is 4.75. The topological polar surface area (TPSA) is 34.4 Å². The molecule has 1 unspecified atom stereocenters. The van der Waals surface area contributed by atoms with Gasteiger partial charge in [0, 0.05) is 5.56 Å². The van der Waals surface area contributed by atoms with E-state index in [1.54, 1.807) is 13.4 Å². The highest BCUT2D eigenvalue weighted by Crippen LogP contribution is 2.31. The number of hydrogen-bond donors (Lipinski definition) is 1. The van der Waals surface area contributed by atoms with Crippen LogP contribution in [0.1, 0.15) is 41.0 Å². The quantitative estimate of drug-likeness (QED) is 0.896. The highest BCUT2D eigenvalue weighted by atomic mass is 16.5. The maximum atomic E-state index is 5.45. The van der Waals surface area contributed by atoms with Crippen LogP contribution in [0.2, 0.25) is 0 Å². The van der Waals surface area contributed by atoms with Crippen LogP contribution < -0.4 is 10.1 Å². The molecule has 1 heterocycles. The Labute approximate surface area is 121 Å². The molecule has 2 rings (SSSR count). The fourth-order valence-electron chi connectivity index (χ4n) is 2.78. The van der Waals surface area contributed by atoms with Crippen molar-refractivity contribution < 1.29 is 9.15 Å². The molecule has 0 radical (unpaired) electrons. The van der Waals surface area contributed by atoms with Crippen LogP contribution in [0.25, 0.3) is 0 Å². The third-order valence-corrected chi connectivity index (χ3v) is 3.64. The first-order valence-electron chi connectivity index (χ1n) is 7.01. The molecule has 108 valence electrons. The Morgan fingerprint density at radius 2 is 1.85 bits per heavy atom. The molecule has 1 aromatic carbocycles. The number of aryl methyl sites for hydroxylation is 3. The molecule has 1 atom stereocenters. The summed E-state index contributed by atoms with van der Waals surface area (Å²) in [6.45, 7) is 9.19. The van der Waals surface area contributed by atoms with Crippen molar-refractivity contribution in [2.45, 2.75) is 33.7 Å². The average Bonchev–Trinajstić information content (AvgIpc) is 2.81. The van der Waals surface area contributed by atoms with Crippen molar-refractivity contribution >= 4 is 0 Å². The Hall–Kier alpha value is -1.74. The van der Waals surface area contributed by atoms with Gasteiger partial charge in [-0.2, -0.15) is 0 Å². The second-order valence-electron chi connectivity index (χ2n) is 5.11. The molecule has 3 nitrogen and oxygen atoms in total. The van der Waals surface area contributed by atoms with Gasteiger partial charge in [-0.25, -0.2) is 0 Å². The fraction of sp³-hybridized carbons (Fsp3) is 0.412. The third-order valence-electron chi connectivity index (χ3n) is 3.64. The Bertz CT molecular complexity index is 563. The molecule has 2 aromatic rings. The van der Waals surface area contributed by atoms with Crippen molar-refractivity contribution in [3.8, 4) is 5.75 Å². The molecular formula is C17H23NO2. The van der Waals surface area contributed by atoms with Gasteiger partial charge in [-0.3, -0.25) is 0 Å². The normalized spacial score (nSPS) is 12.4. The van der Waals surface area contributed by atoms with E-state index in [0.29, 0.717) is 0 Å². The average molecular weight is 273 g/mol. The van der Waals surface area contributed by atoms with Crippen LogP contribution >= 0.6 is 0 Å². The third kappa shape index (κ3) is 2.73. The van der Waals surface area contributed by atoms with Crippen molar-refractivity contribution in [1.82, 2.24) is 5.32 Å². The molecule has 0 aliphatic rings. The lowest BCUT2D eigenvalue weighted by atomic mass is 9.95. The lowest BCUT2D eigenvalue weighted by Crippen LogP contribution is -2.22. The van der Waals surface area contributed by atoms with E-state index >= 15 is 0 Å². The number of rotatable bonds is 5.